The van der Waals surface area contributed by atoms with Crippen molar-refractivity contribution in [3.8, 4) is 11.5 Å². The van der Waals surface area contributed by atoms with Crippen molar-refractivity contribution < 1.29 is 19.0 Å². The first-order valence-corrected chi connectivity index (χ1v) is 11.5. The van der Waals surface area contributed by atoms with Crippen LogP contribution in [-0.4, -0.2) is 69.4 Å². The molecule has 8 heteroatoms. The summed E-state index contributed by atoms with van der Waals surface area (Å²) in [4.78, 5) is 22.7. The van der Waals surface area contributed by atoms with Crippen molar-refractivity contribution in [3.05, 3.63) is 47.0 Å². The lowest BCUT2D eigenvalue weighted by Gasteiger charge is -2.29. The van der Waals surface area contributed by atoms with Crippen molar-refractivity contribution >= 4 is 32.6 Å². The Bertz CT molecular complexity index is 1070. The van der Waals surface area contributed by atoms with Gasteiger partial charge in [-0.25, -0.2) is 4.98 Å². The van der Waals surface area contributed by atoms with Gasteiger partial charge in [-0.3, -0.25) is 14.6 Å². The van der Waals surface area contributed by atoms with Gasteiger partial charge in [-0.05, 0) is 37.6 Å². The van der Waals surface area contributed by atoms with Crippen molar-refractivity contribution in [2.24, 2.45) is 0 Å². The number of aryl methyl sites for hydroxylation is 2. The summed E-state index contributed by atoms with van der Waals surface area (Å²) < 4.78 is 17.4. The lowest BCUT2D eigenvalue weighted by Crippen LogP contribution is -2.43. The summed E-state index contributed by atoms with van der Waals surface area (Å²) in [5.41, 5.74) is 3.49. The number of methoxy groups -OCH3 is 2. The molecule has 1 aliphatic heterocycles. The number of aromatic nitrogens is 1. The van der Waals surface area contributed by atoms with Gasteiger partial charge in [0.05, 0.1) is 27.4 Å². The smallest absolute Gasteiger partial charge is 0.260 e. The van der Waals surface area contributed by atoms with Gasteiger partial charge in [0.25, 0.3) is 5.91 Å². The Morgan fingerprint density at radius 1 is 1.12 bits per heavy atom. The number of carbonyl (C=O) groups is 1. The van der Waals surface area contributed by atoms with E-state index in [0.717, 1.165) is 54.4 Å². The van der Waals surface area contributed by atoms with Crippen LogP contribution in [0.5, 0.6) is 11.5 Å². The van der Waals surface area contributed by atoms with E-state index in [9.17, 15) is 4.79 Å². The van der Waals surface area contributed by atoms with Gasteiger partial charge in [-0.2, -0.15) is 0 Å². The highest BCUT2D eigenvalue weighted by molar-refractivity contribution is 7.22. The number of hydrogen-bond donors (Lipinski definition) is 0. The molecule has 0 spiro atoms. The summed E-state index contributed by atoms with van der Waals surface area (Å²) in [6.45, 7) is 8.48. The van der Waals surface area contributed by atoms with Gasteiger partial charge in [0.15, 0.2) is 5.13 Å². The van der Waals surface area contributed by atoms with Gasteiger partial charge < -0.3 is 14.2 Å². The predicted molar refractivity (Wildman–Crippen MR) is 128 cm³/mol. The first-order chi connectivity index (χ1) is 15.5. The second-order valence-electron chi connectivity index (χ2n) is 7.87. The van der Waals surface area contributed by atoms with Crippen molar-refractivity contribution in [3.63, 3.8) is 0 Å². The van der Waals surface area contributed by atoms with Crippen LogP contribution in [0.1, 0.15) is 21.5 Å². The topological polar surface area (TPSA) is 64.1 Å². The Hall–Kier alpha value is -2.68. The van der Waals surface area contributed by atoms with Gasteiger partial charge in [0, 0.05) is 31.7 Å². The maximum absolute atomic E-state index is 13.7. The molecule has 0 N–H and O–H groups in total. The van der Waals surface area contributed by atoms with Crippen LogP contribution in [0.4, 0.5) is 5.13 Å². The molecule has 1 aromatic heterocycles. The molecule has 3 aromatic rings. The van der Waals surface area contributed by atoms with Crippen LogP contribution in [0, 0.1) is 13.8 Å². The quantitative estimate of drug-likeness (QED) is 0.538. The average Bonchev–Trinajstić information content (AvgIpc) is 3.24. The van der Waals surface area contributed by atoms with E-state index < -0.39 is 0 Å². The molecule has 0 radical (unpaired) electrons. The standard InChI is InChI=1S/C24H29N3O4S/c1-16-5-6-18(17(2)15-16)23(28)27(10-9-26-11-13-31-14-12-26)24-25-21-19(29-3)7-8-20(30-4)22(21)32-24/h5-8,15H,9-14H2,1-4H3. The van der Waals surface area contributed by atoms with Crippen molar-refractivity contribution in [1.29, 1.82) is 0 Å². The largest absolute Gasteiger partial charge is 0.495 e. The molecular weight excluding hydrogens is 426 g/mol. The van der Waals surface area contributed by atoms with E-state index in [1.54, 1.807) is 19.1 Å². The Labute approximate surface area is 192 Å². The van der Waals surface area contributed by atoms with E-state index in [4.69, 9.17) is 19.2 Å². The summed E-state index contributed by atoms with van der Waals surface area (Å²) in [6, 6.07) is 9.63. The number of amides is 1. The number of anilines is 1. The zero-order valence-corrected chi connectivity index (χ0v) is 19.8. The van der Waals surface area contributed by atoms with Crippen LogP contribution in [0.3, 0.4) is 0 Å². The molecule has 0 bridgehead atoms. The fourth-order valence-corrected chi connectivity index (χ4v) is 5.04. The Morgan fingerprint density at radius 2 is 1.84 bits per heavy atom. The third-order valence-corrected chi connectivity index (χ3v) is 6.82. The van der Waals surface area contributed by atoms with E-state index in [1.165, 1.54) is 11.3 Å². The van der Waals surface area contributed by atoms with Crippen molar-refractivity contribution in [2.45, 2.75) is 13.8 Å². The molecule has 1 amide bonds. The molecule has 2 heterocycles. The highest BCUT2D eigenvalue weighted by atomic mass is 32.1. The molecule has 0 unspecified atom stereocenters. The molecule has 2 aromatic carbocycles. The maximum Gasteiger partial charge on any atom is 0.260 e. The molecule has 170 valence electrons. The number of thiazole rings is 1. The van der Waals surface area contributed by atoms with Crippen LogP contribution in [0.15, 0.2) is 30.3 Å². The van der Waals surface area contributed by atoms with E-state index >= 15 is 0 Å². The number of rotatable bonds is 7. The minimum atomic E-state index is -0.0484. The van der Waals surface area contributed by atoms with Crippen molar-refractivity contribution in [1.82, 2.24) is 9.88 Å². The van der Waals surface area contributed by atoms with Gasteiger partial charge in [0.2, 0.25) is 0 Å². The molecule has 32 heavy (non-hydrogen) atoms. The van der Waals surface area contributed by atoms with E-state index in [2.05, 4.69) is 4.90 Å². The van der Waals surface area contributed by atoms with Crippen LogP contribution in [0.25, 0.3) is 10.2 Å². The molecule has 0 saturated carbocycles. The van der Waals surface area contributed by atoms with Gasteiger partial charge >= 0.3 is 0 Å². The minimum Gasteiger partial charge on any atom is -0.495 e. The molecule has 1 aliphatic rings. The van der Waals surface area contributed by atoms with Gasteiger partial charge in [-0.1, -0.05) is 29.0 Å². The lowest BCUT2D eigenvalue weighted by atomic mass is 10.0. The Morgan fingerprint density at radius 3 is 2.53 bits per heavy atom. The molecule has 0 aliphatic carbocycles. The first kappa shape index (κ1) is 22.5. The monoisotopic (exact) mass is 455 g/mol. The molecule has 7 nitrogen and oxygen atoms in total. The molecular formula is C24H29N3O4S. The number of nitrogens with zero attached hydrogens (tertiary/aromatic N) is 3. The number of fused-ring (bicyclic) bond motifs is 1. The predicted octanol–water partition coefficient (Wildman–Crippen LogP) is 3.91. The maximum atomic E-state index is 13.7. The fourth-order valence-electron chi connectivity index (χ4n) is 3.94. The van der Waals surface area contributed by atoms with Crippen LogP contribution in [0.2, 0.25) is 0 Å². The van der Waals surface area contributed by atoms with E-state index in [0.29, 0.717) is 28.5 Å². The zero-order chi connectivity index (χ0) is 22.7. The Kier molecular flexibility index (Phi) is 6.93. The minimum absolute atomic E-state index is 0.0484. The first-order valence-electron chi connectivity index (χ1n) is 10.7. The number of benzene rings is 2. The number of ether oxygens (including phenoxy) is 3. The van der Waals surface area contributed by atoms with E-state index in [1.807, 2.05) is 44.2 Å². The van der Waals surface area contributed by atoms with Crippen LogP contribution >= 0.6 is 11.3 Å². The second-order valence-corrected chi connectivity index (χ2v) is 8.85. The molecule has 4 rings (SSSR count). The SMILES string of the molecule is COc1ccc(OC)c2sc(N(CCN3CCOCC3)C(=O)c3ccc(C)cc3C)nc12. The van der Waals surface area contributed by atoms with Crippen LogP contribution < -0.4 is 14.4 Å². The normalized spacial score (nSPS) is 14.5. The number of carbonyl (C=O) groups excluding carboxylic acids is 1. The third-order valence-electron chi connectivity index (χ3n) is 5.73. The summed E-state index contributed by atoms with van der Waals surface area (Å²) >= 11 is 1.45. The highest BCUT2D eigenvalue weighted by Crippen LogP contribution is 2.40. The lowest BCUT2D eigenvalue weighted by molar-refractivity contribution is 0.0391. The summed E-state index contributed by atoms with van der Waals surface area (Å²) in [5.74, 6) is 1.33. The number of hydrogen-bond acceptors (Lipinski definition) is 7. The second kappa shape index (κ2) is 9.85. The van der Waals surface area contributed by atoms with Crippen LogP contribution in [-0.2, 0) is 4.74 Å². The summed E-state index contributed by atoms with van der Waals surface area (Å²) in [5, 5.41) is 0.640. The van der Waals surface area contributed by atoms with Gasteiger partial charge in [0.1, 0.15) is 21.7 Å². The third kappa shape index (κ3) is 4.57. The molecule has 1 saturated heterocycles. The van der Waals surface area contributed by atoms with E-state index in [-0.39, 0.29) is 5.91 Å². The average molecular weight is 456 g/mol. The Balaban J connectivity index is 1.73. The highest BCUT2D eigenvalue weighted by Gasteiger charge is 2.25. The van der Waals surface area contributed by atoms with Crippen molar-refractivity contribution in [2.75, 3.05) is 58.5 Å². The number of morpholine rings is 1. The molecule has 1 fully saturated rings. The fraction of sp³-hybridized carbons (Fsp3) is 0.417. The summed E-state index contributed by atoms with van der Waals surface area (Å²) in [7, 11) is 3.26. The molecule has 0 atom stereocenters. The summed E-state index contributed by atoms with van der Waals surface area (Å²) in [6.07, 6.45) is 0. The van der Waals surface area contributed by atoms with Gasteiger partial charge in [-0.15, -0.1) is 0 Å². The zero-order valence-electron chi connectivity index (χ0n) is 19.0.